The fourth-order valence-corrected chi connectivity index (χ4v) is 2.34. The molecule has 0 radical (unpaired) electrons. The van der Waals surface area contributed by atoms with Crippen molar-refractivity contribution in [1.82, 2.24) is 0 Å². The lowest BCUT2D eigenvalue weighted by Crippen LogP contribution is -1.88. The molecule has 0 aliphatic carbocycles. The van der Waals surface area contributed by atoms with Gasteiger partial charge in [0.1, 0.15) is 0 Å². The molecule has 3 heteroatoms. The Bertz CT molecular complexity index is 352. The Hall–Kier alpha value is -0.110. The third kappa shape index (κ3) is 4.10. The van der Waals surface area contributed by atoms with E-state index < -0.39 is 0 Å². The van der Waals surface area contributed by atoms with Crippen molar-refractivity contribution in [2.45, 2.75) is 25.7 Å². The predicted molar refractivity (Wildman–Crippen MR) is 70.7 cm³/mol. The van der Waals surface area contributed by atoms with Gasteiger partial charge in [-0.25, -0.2) is 0 Å². The lowest BCUT2D eigenvalue weighted by atomic mass is 10.2. The summed E-state index contributed by atoms with van der Waals surface area (Å²) in [5, 5.41) is 1.69. The molecule has 0 aliphatic rings. The van der Waals surface area contributed by atoms with Crippen LogP contribution in [0.15, 0.2) is 39.1 Å². The van der Waals surface area contributed by atoms with Gasteiger partial charge >= 0.3 is 0 Å². The fraction of sp³-hybridized carbons (Fsp3) is 0.333. The smallest absolute Gasteiger partial charge is 0.0406 e. The quantitative estimate of drug-likeness (QED) is 0.642. The van der Waals surface area contributed by atoms with E-state index in [1.54, 1.807) is 11.8 Å². The van der Waals surface area contributed by atoms with Gasteiger partial charge in [-0.05, 0) is 37.1 Å². The number of hydrogen-bond acceptors (Lipinski definition) is 1. The fourth-order valence-electron chi connectivity index (χ4n) is 1.13. The van der Waals surface area contributed by atoms with Crippen LogP contribution < -0.4 is 0 Å². The molecule has 15 heavy (non-hydrogen) atoms. The zero-order valence-corrected chi connectivity index (χ0v) is 11.4. The molecule has 82 valence electrons. The number of benzene rings is 1. The van der Waals surface area contributed by atoms with Gasteiger partial charge in [-0.2, -0.15) is 0 Å². The number of thioether (sulfide) groups is 1. The maximum Gasteiger partial charge on any atom is 0.0406 e. The summed E-state index contributed by atoms with van der Waals surface area (Å²) in [7, 11) is 0. The van der Waals surface area contributed by atoms with Crippen LogP contribution in [0.25, 0.3) is 0 Å². The average Bonchev–Trinajstić information content (AvgIpc) is 2.20. The second kappa shape index (κ2) is 5.83. The first-order valence-electron chi connectivity index (χ1n) is 4.80. The van der Waals surface area contributed by atoms with Crippen molar-refractivity contribution in [3.05, 3.63) is 39.2 Å². The first-order valence-corrected chi connectivity index (χ1v) is 6.37. The van der Waals surface area contributed by atoms with Gasteiger partial charge in [0.2, 0.25) is 0 Å². The molecular weight excluding hydrogens is 247 g/mol. The minimum absolute atomic E-state index is 0.381. The van der Waals surface area contributed by atoms with E-state index >= 15 is 0 Å². The molecule has 0 unspecified atom stereocenters. The Morgan fingerprint density at radius 2 is 1.73 bits per heavy atom. The van der Waals surface area contributed by atoms with E-state index in [1.165, 1.54) is 0 Å². The van der Waals surface area contributed by atoms with Crippen LogP contribution in [0.2, 0.25) is 5.02 Å². The van der Waals surface area contributed by atoms with Crippen LogP contribution in [0, 0.1) is 5.92 Å². The van der Waals surface area contributed by atoms with E-state index in [0.29, 0.717) is 5.92 Å². The molecule has 0 amide bonds. The summed E-state index contributed by atoms with van der Waals surface area (Å²) in [6.07, 6.45) is 0. The summed E-state index contributed by atoms with van der Waals surface area (Å²) in [4.78, 5) is 2.31. The van der Waals surface area contributed by atoms with E-state index in [0.717, 1.165) is 19.9 Å². The maximum absolute atomic E-state index is 6.18. The van der Waals surface area contributed by atoms with Crippen LogP contribution in [0.4, 0.5) is 0 Å². The van der Waals surface area contributed by atoms with Crippen molar-refractivity contribution in [1.29, 1.82) is 0 Å². The van der Waals surface area contributed by atoms with Crippen LogP contribution in [0.1, 0.15) is 20.8 Å². The van der Waals surface area contributed by atoms with Gasteiger partial charge in [-0.3, -0.25) is 0 Å². The highest BCUT2D eigenvalue weighted by Crippen LogP contribution is 2.33. The van der Waals surface area contributed by atoms with E-state index in [1.807, 2.05) is 31.2 Å². The highest BCUT2D eigenvalue weighted by Gasteiger charge is 2.05. The summed E-state index contributed by atoms with van der Waals surface area (Å²) in [5.41, 5.74) is 0. The summed E-state index contributed by atoms with van der Waals surface area (Å²) in [6.45, 7) is 6.23. The third-order valence-corrected chi connectivity index (χ3v) is 4.05. The van der Waals surface area contributed by atoms with E-state index in [9.17, 15) is 0 Å². The van der Waals surface area contributed by atoms with Gasteiger partial charge in [0, 0.05) is 19.9 Å². The third-order valence-electron chi connectivity index (χ3n) is 1.93. The Morgan fingerprint density at radius 3 is 2.20 bits per heavy atom. The molecule has 0 saturated heterocycles. The van der Waals surface area contributed by atoms with Crippen LogP contribution in [0.5, 0.6) is 0 Å². The normalized spacial score (nSPS) is 12.9. The number of rotatable bonds is 3. The summed E-state index contributed by atoms with van der Waals surface area (Å²) in [5.74, 6) is 0.381. The molecule has 0 heterocycles. The average molecular weight is 261 g/mol. The Labute approximate surface area is 106 Å². The molecule has 1 aromatic carbocycles. The summed E-state index contributed by atoms with van der Waals surface area (Å²) < 4.78 is 0. The van der Waals surface area contributed by atoms with Crippen LogP contribution in [-0.4, -0.2) is 0 Å². The van der Waals surface area contributed by atoms with Gasteiger partial charge in [-0.15, -0.1) is 0 Å². The maximum atomic E-state index is 6.18. The minimum atomic E-state index is 0.381. The van der Waals surface area contributed by atoms with Gasteiger partial charge in [-0.1, -0.05) is 48.8 Å². The Kier molecular flexibility index (Phi) is 5.04. The standard InChI is InChI=1S/C12H14Cl2S/c1-8(2)12(14)9(3)15-11-6-4-10(13)5-7-11/h4-8H,1-3H3/b12-9+. The second-order valence-corrected chi connectivity index (χ2v) is 5.75. The first-order chi connectivity index (χ1) is 7.00. The van der Waals surface area contributed by atoms with E-state index in [2.05, 4.69) is 13.8 Å². The van der Waals surface area contributed by atoms with Crippen LogP contribution >= 0.6 is 35.0 Å². The Morgan fingerprint density at radius 1 is 1.20 bits per heavy atom. The molecular formula is C12H14Cl2S. The number of hydrogen-bond donors (Lipinski definition) is 0. The molecule has 0 aromatic heterocycles. The van der Waals surface area contributed by atoms with Crippen LogP contribution in [-0.2, 0) is 0 Å². The second-order valence-electron chi connectivity index (χ2n) is 3.61. The van der Waals surface area contributed by atoms with Crippen molar-refractivity contribution in [2.24, 2.45) is 5.92 Å². The molecule has 0 spiro atoms. The van der Waals surface area contributed by atoms with Crippen molar-refractivity contribution < 1.29 is 0 Å². The highest BCUT2D eigenvalue weighted by atomic mass is 35.5. The molecule has 0 bridgehead atoms. The van der Waals surface area contributed by atoms with Crippen molar-refractivity contribution in [3.8, 4) is 0 Å². The van der Waals surface area contributed by atoms with Gasteiger partial charge in [0.25, 0.3) is 0 Å². The molecule has 0 atom stereocenters. The van der Waals surface area contributed by atoms with Gasteiger partial charge in [0.15, 0.2) is 0 Å². The SMILES string of the molecule is C/C(Sc1ccc(Cl)cc1)=C(\Cl)C(C)C. The zero-order chi connectivity index (χ0) is 11.4. The van der Waals surface area contributed by atoms with Crippen molar-refractivity contribution in [2.75, 3.05) is 0 Å². The van der Waals surface area contributed by atoms with Gasteiger partial charge < -0.3 is 0 Å². The largest absolute Gasteiger partial charge is 0.0936 e. The first kappa shape index (κ1) is 13.0. The number of allylic oxidation sites excluding steroid dienone is 2. The molecule has 0 saturated carbocycles. The lowest BCUT2D eigenvalue weighted by Gasteiger charge is -2.08. The van der Waals surface area contributed by atoms with Crippen molar-refractivity contribution >= 4 is 35.0 Å². The topological polar surface area (TPSA) is 0 Å². The Balaban J connectivity index is 2.78. The zero-order valence-electron chi connectivity index (χ0n) is 9.05. The molecule has 0 fully saturated rings. The highest BCUT2D eigenvalue weighted by molar-refractivity contribution is 8.03. The molecule has 0 aliphatic heterocycles. The van der Waals surface area contributed by atoms with Crippen molar-refractivity contribution in [3.63, 3.8) is 0 Å². The lowest BCUT2D eigenvalue weighted by molar-refractivity contribution is 0.809. The molecule has 0 N–H and O–H groups in total. The number of halogens is 2. The van der Waals surface area contributed by atoms with E-state index in [-0.39, 0.29) is 0 Å². The summed E-state index contributed by atoms with van der Waals surface area (Å²) in [6, 6.07) is 7.78. The molecule has 1 rings (SSSR count). The minimum Gasteiger partial charge on any atom is -0.0936 e. The predicted octanol–water partition coefficient (Wildman–Crippen LogP) is 5.56. The summed E-state index contributed by atoms with van der Waals surface area (Å²) >= 11 is 13.7. The van der Waals surface area contributed by atoms with Crippen LogP contribution in [0.3, 0.4) is 0 Å². The monoisotopic (exact) mass is 260 g/mol. The van der Waals surface area contributed by atoms with Gasteiger partial charge in [0.05, 0.1) is 0 Å². The van der Waals surface area contributed by atoms with E-state index in [4.69, 9.17) is 23.2 Å². The molecule has 1 aromatic rings. The molecule has 0 nitrogen and oxygen atoms in total.